The minimum Gasteiger partial charge on any atom is -0.493 e. The van der Waals surface area contributed by atoms with E-state index in [1.807, 2.05) is 43.3 Å². The zero-order valence-corrected chi connectivity index (χ0v) is 27.9. The number of alkyl halides is 2. The van der Waals surface area contributed by atoms with Gasteiger partial charge in [0.05, 0.1) is 54.5 Å². The van der Waals surface area contributed by atoms with Crippen molar-refractivity contribution in [2.45, 2.75) is 57.4 Å². The molecular weight excluding hydrogens is 653 g/mol. The number of rotatable bonds is 17. The highest BCUT2D eigenvalue weighted by Gasteiger charge is 2.57. The first-order valence-electron chi connectivity index (χ1n) is 15.9. The molecule has 8 nitrogen and oxygen atoms in total. The quantitative estimate of drug-likeness (QED) is 0.130. The van der Waals surface area contributed by atoms with Gasteiger partial charge in [0.1, 0.15) is 23.9 Å². The second kappa shape index (κ2) is 16.1. The topological polar surface area (TPSA) is 104 Å². The number of ether oxygens (including phenoxy) is 3. The fourth-order valence-corrected chi connectivity index (χ4v) is 6.17. The average molecular weight is 696 g/mol. The average Bonchev–Trinajstić information content (AvgIpc) is 3.45. The lowest BCUT2D eigenvalue weighted by molar-refractivity contribution is 0.0853. The van der Waals surface area contributed by atoms with Crippen molar-refractivity contribution in [2.24, 2.45) is 5.92 Å². The molecule has 1 unspecified atom stereocenters. The minimum atomic E-state index is -2.73. The van der Waals surface area contributed by atoms with Crippen LogP contribution in [0.25, 0.3) is 11.1 Å². The summed E-state index contributed by atoms with van der Waals surface area (Å²) in [5, 5.41) is 32.4. The summed E-state index contributed by atoms with van der Waals surface area (Å²) >= 11 is 13.5. The SMILES string of the molecule is Cc1c(OCCCN2CC[C@@H](O)C2)cccc1-c1cccc(COc2cc(OCC3CC3(F)F)c(CNC(CO)CO)cc2Cl)c1Cl. The van der Waals surface area contributed by atoms with Gasteiger partial charge < -0.3 is 39.7 Å². The van der Waals surface area contributed by atoms with Gasteiger partial charge >= 0.3 is 0 Å². The number of benzene rings is 3. The summed E-state index contributed by atoms with van der Waals surface area (Å²) in [5.74, 6) is -2.19. The van der Waals surface area contributed by atoms with Crippen molar-refractivity contribution < 1.29 is 38.3 Å². The first kappa shape index (κ1) is 35.6. The van der Waals surface area contributed by atoms with Crippen LogP contribution < -0.4 is 19.5 Å². The normalized spacial score (nSPS) is 18.9. The monoisotopic (exact) mass is 694 g/mol. The fraction of sp³-hybridized carbons (Fsp3) is 0.486. The Balaban J connectivity index is 1.27. The summed E-state index contributed by atoms with van der Waals surface area (Å²) in [6.07, 6.45) is 1.23. The van der Waals surface area contributed by atoms with E-state index in [9.17, 15) is 24.1 Å². The van der Waals surface area contributed by atoms with Gasteiger partial charge in [-0.25, -0.2) is 8.78 Å². The third kappa shape index (κ3) is 9.26. The van der Waals surface area contributed by atoms with E-state index < -0.39 is 17.9 Å². The van der Waals surface area contributed by atoms with Crippen LogP contribution in [0, 0.1) is 12.8 Å². The maximum Gasteiger partial charge on any atom is 0.255 e. The second-order valence-corrected chi connectivity index (χ2v) is 13.0. The van der Waals surface area contributed by atoms with E-state index in [0.717, 1.165) is 60.5 Å². The van der Waals surface area contributed by atoms with Gasteiger partial charge in [-0.15, -0.1) is 0 Å². The second-order valence-electron chi connectivity index (χ2n) is 12.2. The first-order chi connectivity index (χ1) is 22.6. The van der Waals surface area contributed by atoms with Gasteiger partial charge in [0.2, 0.25) is 0 Å². The van der Waals surface area contributed by atoms with Crippen molar-refractivity contribution in [3.63, 3.8) is 0 Å². The van der Waals surface area contributed by atoms with Gasteiger partial charge in [0, 0.05) is 55.4 Å². The number of halogens is 4. The Labute approximate surface area is 284 Å². The maximum atomic E-state index is 13.5. The maximum absolute atomic E-state index is 13.5. The smallest absolute Gasteiger partial charge is 0.255 e. The third-order valence-corrected chi connectivity index (χ3v) is 9.43. The number of aliphatic hydroxyl groups excluding tert-OH is 3. The Hall–Kier alpha value is -2.70. The highest BCUT2D eigenvalue weighted by Crippen LogP contribution is 2.49. The molecule has 4 N–H and O–H groups in total. The van der Waals surface area contributed by atoms with E-state index in [4.69, 9.17) is 37.4 Å². The van der Waals surface area contributed by atoms with Gasteiger partial charge in [0.15, 0.2) is 0 Å². The predicted octanol–water partition coefficient (Wildman–Crippen LogP) is 5.86. The molecule has 1 saturated heterocycles. The van der Waals surface area contributed by atoms with Crippen LogP contribution in [0.15, 0.2) is 48.5 Å². The highest BCUT2D eigenvalue weighted by atomic mass is 35.5. The van der Waals surface area contributed by atoms with Gasteiger partial charge in [-0.05, 0) is 43.0 Å². The lowest BCUT2D eigenvalue weighted by Crippen LogP contribution is -2.35. The van der Waals surface area contributed by atoms with Crippen LogP contribution in [0.2, 0.25) is 10.0 Å². The summed E-state index contributed by atoms with van der Waals surface area (Å²) in [7, 11) is 0. The largest absolute Gasteiger partial charge is 0.493 e. The molecule has 1 aliphatic heterocycles. The molecule has 2 fully saturated rings. The van der Waals surface area contributed by atoms with Crippen molar-refractivity contribution in [1.29, 1.82) is 0 Å². The molecule has 0 spiro atoms. The minimum absolute atomic E-state index is 0.0850. The van der Waals surface area contributed by atoms with E-state index >= 15 is 0 Å². The molecule has 3 aromatic rings. The van der Waals surface area contributed by atoms with E-state index in [2.05, 4.69) is 10.2 Å². The number of aliphatic hydroxyl groups is 3. The van der Waals surface area contributed by atoms with Crippen LogP contribution in [0.3, 0.4) is 0 Å². The van der Waals surface area contributed by atoms with Crippen LogP contribution in [-0.2, 0) is 13.2 Å². The van der Waals surface area contributed by atoms with Crippen molar-refractivity contribution in [1.82, 2.24) is 10.2 Å². The molecular formula is C35H42Cl2F2N2O6. The number of nitrogens with zero attached hydrogens (tertiary/aromatic N) is 1. The number of likely N-dealkylation sites (tertiary alicyclic amines) is 1. The summed E-state index contributed by atoms with van der Waals surface area (Å²) in [6.45, 7) is 4.62. The molecule has 2 aliphatic rings. The summed E-state index contributed by atoms with van der Waals surface area (Å²) in [4.78, 5) is 2.25. The zero-order chi connectivity index (χ0) is 33.6. The van der Waals surface area contributed by atoms with Crippen LogP contribution in [-0.4, -0.2) is 84.3 Å². The molecule has 1 aliphatic carbocycles. The molecule has 256 valence electrons. The van der Waals surface area contributed by atoms with Crippen molar-refractivity contribution >= 4 is 23.2 Å². The molecule has 0 amide bonds. The van der Waals surface area contributed by atoms with E-state index in [-0.39, 0.29) is 50.5 Å². The van der Waals surface area contributed by atoms with Crippen LogP contribution in [0.5, 0.6) is 17.2 Å². The number of hydrogen-bond acceptors (Lipinski definition) is 8. The summed E-state index contributed by atoms with van der Waals surface area (Å²) < 4.78 is 45.1. The Morgan fingerprint density at radius 2 is 1.72 bits per heavy atom. The van der Waals surface area contributed by atoms with E-state index in [0.29, 0.717) is 28.7 Å². The molecule has 3 aromatic carbocycles. The predicted molar refractivity (Wildman–Crippen MR) is 178 cm³/mol. The van der Waals surface area contributed by atoms with Crippen LogP contribution in [0.4, 0.5) is 8.78 Å². The lowest BCUT2D eigenvalue weighted by Gasteiger charge is -2.19. The Kier molecular flexibility index (Phi) is 12.2. The summed E-state index contributed by atoms with van der Waals surface area (Å²) in [6, 6.07) is 14.2. The molecule has 2 atom stereocenters. The van der Waals surface area contributed by atoms with Crippen molar-refractivity contribution in [2.75, 3.05) is 46.1 Å². The Morgan fingerprint density at radius 1 is 0.979 bits per heavy atom. The molecule has 0 aromatic heterocycles. The molecule has 1 heterocycles. The zero-order valence-electron chi connectivity index (χ0n) is 26.4. The van der Waals surface area contributed by atoms with Gasteiger partial charge in [0.25, 0.3) is 5.92 Å². The van der Waals surface area contributed by atoms with Gasteiger partial charge in [-0.3, -0.25) is 0 Å². The number of hydrogen-bond donors (Lipinski definition) is 4. The highest BCUT2D eigenvalue weighted by molar-refractivity contribution is 6.34. The molecule has 0 bridgehead atoms. The Morgan fingerprint density at radius 3 is 2.43 bits per heavy atom. The van der Waals surface area contributed by atoms with E-state index in [1.54, 1.807) is 12.1 Å². The summed E-state index contributed by atoms with van der Waals surface area (Å²) in [5.41, 5.74) is 4.02. The van der Waals surface area contributed by atoms with E-state index in [1.165, 1.54) is 0 Å². The molecule has 47 heavy (non-hydrogen) atoms. The van der Waals surface area contributed by atoms with Crippen LogP contribution in [0.1, 0.15) is 36.0 Å². The van der Waals surface area contributed by atoms with Crippen molar-refractivity contribution in [3.05, 3.63) is 75.3 Å². The van der Waals surface area contributed by atoms with Crippen LogP contribution >= 0.6 is 23.2 Å². The molecule has 5 rings (SSSR count). The fourth-order valence-electron chi connectivity index (χ4n) is 5.64. The Bertz CT molecular complexity index is 1510. The lowest BCUT2D eigenvalue weighted by atomic mass is 9.98. The first-order valence-corrected chi connectivity index (χ1v) is 16.7. The third-order valence-electron chi connectivity index (χ3n) is 8.69. The van der Waals surface area contributed by atoms with Crippen molar-refractivity contribution in [3.8, 4) is 28.4 Å². The molecule has 12 heteroatoms. The number of β-amino-alcohol motifs (C(OH)–C–C–N with tert-alkyl or cyclic N) is 1. The van der Waals surface area contributed by atoms with Gasteiger partial charge in [-0.2, -0.15) is 0 Å². The van der Waals surface area contributed by atoms with Gasteiger partial charge in [-0.1, -0.05) is 53.5 Å². The molecule has 0 radical (unpaired) electrons. The molecule has 1 saturated carbocycles. The standard InChI is InChI=1S/C35H42Cl2F2N2O6/c1-22-28(6-3-8-31(22)45-12-4-10-41-11-9-27(44)17-41)29-7-2-5-23(34(29)37)20-46-33-14-32(47-21-25-15-35(25,38)39)24(13-30(33)36)16-40-26(18-42)19-43/h2-3,5-8,13-14,25-27,40,42-44H,4,9-12,15-21H2,1H3/t25?,27-/m1/s1. The number of nitrogens with one attached hydrogen (secondary N) is 1.